The maximum atomic E-state index is 12.5. The van der Waals surface area contributed by atoms with Gasteiger partial charge in [0.15, 0.2) is 6.61 Å². The zero-order chi connectivity index (χ0) is 18.4. The molecule has 0 bridgehead atoms. The first-order valence-corrected chi connectivity index (χ1v) is 9.51. The first-order valence-electron chi connectivity index (χ1n) is 8.07. The highest BCUT2D eigenvalue weighted by molar-refractivity contribution is 7.89. The van der Waals surface area contributed by atoms with Gasteiger partial charge >= 0.3 is 0 Å². The van der Waals surface area contributed by atoms with Gasteiger partial charge < -0.3 is 14.8 Å². The number of rotatable bonds is 6. The lowest BCUT2D eigenvalue weighted by Gasteiger charge is -2.26. The fraction of sp³-hybridized carbons (Fsp3) is 0.294. The van der Waals surface area contributed by atoms with E-state index in [0.717, 1.165) is 0 Å². The minimum atomic E-state index is -3.55. The van der Waals surface area contributed by atoms with E-state index in [1.165, 1.54) is 16.4 Å². The van der Waals surface area contributed by atoms with Gasteiger partial charge in [0.05, 0.1) is 18.1 Å². The summed E-state index contributed by atoms with van der Waals surface area (Å²) in [4.78, 5) is 16.1. The van der Waals surface area contributed by atoms with Crippen LogP contribution in [0.25, 0.3) is 0 Å². The van der Waals surface area contributed by atoms with Gasteiger partial charge in [0.25, 0.3) is 5.91 Å². The van der Waals surface area contributed by atoms with Crippen LogP contribution >= 0.6 is 0 Å². The standard InChI is InChI=1S/C17H19N3O5S/c21-16(13-25-17-3-1-2-8-18-17)19-14-4-6-15(7-5-14)26(22,23)20-9-11-24-12-10-20/h1-8H,9-13H2,(H,19,21). The summed E-state index contributed by atoms with van der Waals surface area (Å²) < 4.78 is 36.9. The number of sulfonamides is 1. The van der Waals surface area contributed by atoms with E-state index in [1.807, 2.05) is 0 Å². The van der Waals surface area contributed by atoms with Gasteiger partial charge in [0.2, 0.25) is 15.9 Å². The van der Waals surface area contributed by atoms with Crippen LogP contribution < -0.4 is 10.1 Å². The van der Waals surface area contributed by atoms with Crippen molar-refractivity contribution < 1.29 is 22.7 Å². The molecule has 1 amide bonds. The molecule has 0 radical (unpaired) electrons. The summed E-state index contributed by atoms with van der Waals surface area (Å²) in [6.07, 6.45) is 1.57. The number of anilines is 1. The normalized spacial score (nSPS) is 15.4. The molecule has 1 aliphatic heterocycles. The van der Waals surface area contributed by atoms with Crippen LogP contribution in [0.1, 0.15) is 0 Å². The quantitative estimate of drug-likeness (QED) is 0.810. The minimum Gasteiger partial charge on any atom is -0.468 e. The Kier molecular flexibility index (Phi) is 5.82. The van der Waals surface area contributed by atoms with Crippen molar-refractivity contribution in [2.45, 2.75) is 4.90 Å². The zero-order valence-electron chi connectivity index (χ0n) is 14.0. The fourth-order valence-electron chi connectivity index (χ4n) is 2.42. The molecule has 0 spiro atoms. The van der Waals surface area contributed by atoms with Crippen molar-refractivity contribution in [2.24, 2.45) is 0 Å². The van der Waals surface area contributed by atoms with E-state index in [0.29, 0.717) is 37.9 Å². The zero-order valence-corrected chi connectivity index (χ0v) is 14.8. The van der Waals surface area contributed by atoms with Crippen molar-refractivity contribution in [1.82, 2.24) is 9.29 Å². The molecule has 2 heterocycles. The number of carbonyl (C=O) groups excluding carboxylic acids is 1. The number of aromatic nitrogens is 1. The molecule has 1 saturated heterocycles. The van der Waals surface area contributed by atoms with Crippen LogP contribution in [-0.4, -0.2) is 56.5 Å². The Morgan fingerprint density at radius 3 is 2.54 bits per heavy atom. The Balaban J connectivity index is 1.58. The molecule has 1 aliphatic rings. The number of pyridine rings is 1. The van der Waals surface area contributed by atoms with Gasteiger partial charge in [-0.2, -0.15) is 4.31 Å². The highest BCUT2D eigenvalue weighted by Crippen LogP contribution is 2.19. The Morgan fingerprint density at radius 2 is 1.88 bits per heavy atom. The number of hydrogen-bond donors (Lipinski definition) is 1. The summed E-state index contributed by atoms with van der Waals surface area (Å²) in [6, 6.07) is 11.2. The smallest absolute Gasteiger partial charge is 0.262 e. The minimum absolute atomic E-state index is 0.183. The molecule has 138 valence electrons. The van der Waals surface area contributed by atoms with Crippen LogP contribution in [0.5, 0.6) is 5.88 Å². The molecule has 2 aromatic rings. The highest BCUT2D eigenvalue weighted by Gasteiger charge is 2.26. The lowest BCUT2D eigenvalue weighted by molar-refractivity contribution is -0.118. The van der Waals surface area contributed by atoms with Gasteiger partial charge in [-0.15, -0.1) is 0 Å². The maximum Gasteiger partial charge on any atom is 0.262 e. The number of nitrogens with one attached hydrogen (secondary N) is 1. The number of nitrogens with zero attached hydrogens (tertiary/aromatic N) is 2. The Labute approximate surface area is 151 Å². The van der Waals surface area contributed by atoms with Crippen molar-refractivity contribution in [3.05, 3.63) is 48.7 Å². The van der Waals surface area contributed by atoms with Crippen LogP contribution in [0.3, 0.4) is 0 Å². The average molecular weight is 377 g/mol. The predicted molar refractivity (Wildman–Crippen MR) is 94.4 cm³/mol. The lowest BCUT2D eigenvalue weighted by Crippen LogP contribution is -2.40. The second kappa shape index (κ2) is 8.26. The second-order valence-electron chi connectivity index (χ2n) is 5.55. The molecule has 0 atom stereocenters. The molecular formula is C17H19N3O5S. The Hall–Kier alpha value is -2.49. The van der Waals surface area contributed by atoms with Gasteiger partial charge in [-0.1, -0.05) is 6.07 Å². The van der Waals surface area contributed by atoms with Crippen molar-refractivity contribution in [3.8, 4) is 5.88 Å². The molecule has 1 aromatic heterocycles. The van der Waals surface area contributed by atoms with Crippen molar-refractivity contribution >= 4 is 21.6 Å². The van der Waals surface area contributed by atoms with Crippen molar-refractivity contribution in [3.63, 3.8) is 0 Å². The third-order valence-electron chi connectivity index (χ3n) is 3.73. The van der Waals surface area contributed by atoms with Crippen LogP contribution in [0, 0.1) is 0 Å². The first kappa shape index (κ1) is 18.3. The molecule has 9 heteroatoms. The van der Waals surface area contributed by atoms with E-state index < -0.39 is 10.0 Å². The van der Waals surface area contributed by atoms with Gasteiger partial charge in [-0.25, -0.2) is 13.4 Å². The number of amides is 1. The molecule has 0 saturated carbocycles. The topological polar surface area (TPSA) is 97.8 Å². The van der Waals surface area contributed by atoms with Gasteiger partial charge in [-0.3, -0.25) is 4.79 Å². The number of hydrogen-bond acceptors (Lipinski definition) is 6. The average Bonchev–Trinajstić information content (AvgIpc) is 2.68. The molecule has 1 aromatic carbocycles. The highest BCUT2D eigenvalue weighted by atomic mass is 32.2. The van der Waals surface area contributed by atoms with E-state index >= 15 is 0 Å². The number of benzene rings is 1. The number of ether oxygens (including phenoxy) is 2. The van der Waals surface area contributed by atoms with Crippen LogP contribution in [0.15, 0.2) is 53.6 Å². The third-order valence-corrected chi connectivity index (χ3v) is 5.65. The molecule has 0 unspecified atom stereocenters. The van der Waals surface area contributed by atoms with Crippen LogP contribution in [0.2, 0.25) is 0 Å². The molecule has 8 nitrogen and oxygen atoms in total. The first-order chi connectivity index (χ1) is 12.6. The summed E-state index contributed by atoms with van der Waals surface area (Å²) in [5, 5.41) is 2.65. The summed E-state index contributed by atoms with van der Waals surface area (Å²) in [6.45, 7) is 1.27. The molecule has 0 aliphatic carbocycles. The summed E-state index contributed by atoms with van der Waals surface area (Å²) in [5.74, 6) is -0.00552. The monoisotopic (exact) mass is 377 g/mol. The summed E-state index contributed by atoms with van der Waals surface area (Å²) >= 11 is 0. The van der Waals surface area contributed by atoms with Crippen molar-refractivity contribution in [1.29, 1.82) is 0 Å². The van der Waals surface area contributed by atoms with E-state index in [9.17, 15) is 13.2 Å². The molecule has 1 fully saturated rings. The SMILES string of the molecule is O=C(COc1ccccn1)Nc1ccc(S(=O)(=O)N2CCOCC2)cc1. The fourth-order valence-corrected chi connectivity index (χ4v) is 3.82. The molecule has 3 rings (SSSR count). The Morgan fingerprint density at radius 1 is 1.15 bits per heavy atom. The largest absolute Gasteiger partial charge is 0.468 e. The van der Waals surface area contributed by atoms with E-state index in [2.05, 4.69) is 10.3 Å². The van der Waals surface area contributed by atoms with Gasteiger partial charge in [0.1, 0.15) is 0 Å². The van der Waals surface area contributed by atoms with Gasteiger partial charge in [0, 0.05) is 31.0 Å². The summed E-state index contributed by atoms with van der Waals surface area (Å²) in [7, 11) is -3.55. The van der Waals surface area contributed by atoms with E-state index in [-0.39, 0.29) is 17.4 Å². The Bertz CT molecular complexity index is 834. The van der Waals surface area contributed by atoms with E-state index in [4.69, 9.17) is 9.47 Å². The van der Waals surface area contributed by atoms with Crippen molar-refractivity contribution in [2.75, 3.05) is 38.2 Å². The predicted octanol–water partition coefficient (Wildman–Crippen LogP) is 1.12. The maximum absolute atomic E-state index is 12.5. The molecule has 1 N–H and O–H groups in total. The lowest BCUT2D eigenvalue weighted by atomic mass is 10.3. The van der Waals surface area contributed by atoms with Gasteiger partial charge in [-0.05, 0) is 30.3 Å². The number of carbonyl (C=O) groups is 1. The van der Waals surface area contributed by atoms with Crippen LogP contribution in [-0.2, 0) is 19.6 Å². The molecule has 26 heavy (non-hydrogen) atoms. The number of morpholine rings is 1. The molecular weight excluding hydrogens is 358 g/mol. The van der Waals surface area contributed by atoms with E-state index in [1.54, 1.807) is 36.5 Å². The summed E-state index contributed by atoms with van der Waals surface area (Å²) in [5.41, 5.74) is 0.487. The van der Waals surface area contributed by atoms with Crippen LogP contribution in [0.4, 0.5) is 5.69 Å². The third kappa shape index (κ3) is 4.57. The second-order valence-corrected chi connectivity index (χ2v) is 7.48.